The predicted molar refractivity (Wildman–Crippen MR) is 97.1 cm³/mol. The van der Waals surface area contributed by atoms with E-state index < -0.39 is 0 Å². The van der Waals surface area contributed by atoms with Crippen LogP contribution in [0.3, 0.4) is 0 Å². The van der Waals surface area contributed by atoms with Crippen molar-refractivity contribution in [2.45, 2.75) is 40.2 Å². The summed E-state index contributed by atoms with van der Waals surface area (Å²) >= 11 is 0. The van der Waals surface area contributed by atoms with Crippen molar-refractivity contribution in [2.75, 3.05) is 0 Å². The number of carbonyl (C=O) groups excluding carboxylic acids is 1. The molecule has 0 aliphatic carbocycles. The molecule has 0 atom stereocenters. The van der Waals surface area contributed by atoms with Gasteiger partial charge in [-0.05, 0) is 49.1 Å². The molecule has 0 unspecified atom stereocenters. The standard InChI is InChI=1S/C21H22NO3/c1-13(2)18-10-19-17(9-21(24)25-20(19)8-14(18)3)12-22-7-5-6-16(11-22)15(4)23/h5-11,13H,12H2,1-4H3/q+1. The fraction of sp³-hybridized carbons (Fsp3) is 0.286. The van der Waals surface area contributed by atoms with Crippen LogP contribution in [0.2, 0.25) is 0 Å². The first-order valence-corrected chi connectivity index (χ1v) is 8.42. The second kappa shape index (κ2) is 6.63. The maximum Gasteiger partial charge on any atom is 0.336 e. The molecule has 0 spiro atoms. The van der Waals surface area contributed by atoms with E-state index in [9.17, 15) is 9.59 Å². The average molecular weight is 336 g/mol. The number of fused-ring (bicyclic) bond motifs is 1. The Balaban J connectivity index is 2.15. The highest BCUT2D eigenvalue weighted by atomic mass is 16.4. The third-order valence-corrected chi connectivity index (χ3v) is 4.46. The number of aryl methyl sites for hydroxylation is 1. The van der Waals surface area contributed by atoms with Crippen molar-refractivity contribution in [2.24, 2.45) is 0 Å². The Labute approximate surface area is 146 Å². The number of pyridine rings is 1. The Morgan fingerprint density at radius 3 is 2.68 bits per heavy atom. The van der Waals surface area contributed by atoms with Crippen molar-refractivity contribution >= 4 is 16.8 Å². The fourth-order valence-corrected chi connectivity index (χ4v) is 3.17. The van der Waals surface area contributed by atoms with Gasteiger partial charge in [-0.25, -0.2) is 9.36 Å². The van der Waals surface area contributed by atoms with Gasteiger partial charge >= 0.3 is 5.63 Å². The Hall–Kier alpha value is -2.75. The third kappa shape index (κ3) is 3.53. The molecule has 0 aliphatic heterocycles. The van der Waals surface area contributed by atoms with Crippen molar-refractivity contribution in [3.8, 4) is 0 Å². The molecule has 1 aromatic carbocycles. The average Bonchev–Trinajstić information content (AvgIpc) is 2.54. The van der Waals surface area contributed by atoms with E-state index in [-0.39, 0.29) is 11.4 Å². The molecule has 25 heavy (non-hydrogen) atoms. The van der Waals surface area contributed by atoms with Crippen LogP contribution in [0.4, 0.5) is 0 Å². The first-order valence-electron chi connectivity index (χ1n) is 8.42. The van der Waals surface area contributed by atoms with Crippen LogP contribution in [-0.2, 0) is 6.54 Å². The molecule has 2 aromatic heterocycles. The van der Waals surface area contributed by atoms with Gasteiger partial charge in [0.25, 0.3) is 0 Å². The minimum atomic E-state index is -0.359. The molecular formula is C21H22NO3+. The van der Waals surface area contributed by atoms with E-state index in [0.29, 0.717) is 23.6 Å². The van der Waals surface area contributed by atoms with Gasteiger partial charge in [0, 0.05) is 23.1 Å². The minimum Gasteiger partial charge on any atom is -0.423 e. The summed E-state index contributed by atoms with van der Waals surface area (Å²) in [5, 5.41) is 0.939. The topological polar surface area (TPSA) is 51.2 Å². The number of rotatable bonds is 4. The number of hydrogen-bond donors (Lipinski definition) is 0. The summed E-state index contributed by atoms with van der Waals surface area (Å²) < 4.78 is 7.32. The summed E-state index contributed by atoms with van der Waals surface area (Å²) in [6, 6.07) is 9.22. The molecule has 0 amide bonds. The molecular weight excluding hydrogens is 314 g/mol. The van der Waals surface area contributed by atoms with Gasteiger partial charge < -0.3 is 4.42 Å². The zero-order valence-electron chi connectivity index (χ0n) is 15.0. The number of nitrogens with zero attached hydrogens (tertiary/aromatic N) is 1. The van der Waals surface area contributed by atoms with Crippen molar-refractivity contribution in [3.63, 3.8) is 0 Å². The zero-order valence-corrected chi connectivity index (χ0v) is 15.0. The van der Waals surface area contributed by atoms with Gasteiger partial charge in [-0.3, -0.25) is 4.79 Å². The predicted octanol–water partition coefficient (Wildman–Crippen LogP) is 3.76. The first-order chi connectivity index (χ1) is 11.8. The van der Waals surface area contributed by atoms with Crippen molar-refractivity contribution < 1.29 is 13.8 Å². The lowest BCUT2D eigenvalue weighted by Crippen LogP contribution is -2.34. The molecule has 0 N–H and O–H groups in total. The lowest BCUT2D eigenvalue weighted by molar-refractivity contribution is -0.688. The van der Waals surface area contributed by atoms with Crippen LogP contribution < -0.4 is 10.2 Å². The van der Waals surface area contributed by atoms with Crippen LogP contribution in [0.5, 0.6) is 0 Å². The van der Waals surface area contributed by atoms with Gasteiger partial charge in [0.05, 0.1) is 5.56 Å². The van der Waals surface area contributed by atoms with Crippen LogP contribution in [0.15, 0.2) is 51.9 Å². The van der Waals surface area contributed by atoms with E-state index in [4.69, 9.17) is 4.42 Å². The Morgan fingerprint density at radius 2 is 2.00 bits per heavy atom. The monoisotopic (exact) mass is 336 g/mol. The maximum absolute atomic E-state index is 12.0. The van der Waals surface area contributed by atoms with Crippen LogP contribution in [0.1, 0.15) is 53.7 Å². The number of ketones is 1. The maximum atomic E-state index is 12.0. The van der Waals surface area contributed by atoms with Crippen LogP contribution in [0, 0.1) is 6.92 Å². The van der Waals surface area contributed by atoms with Gasteiger partial charge in [0.1, 0.15) is 5.58 Å². The number of benzene rings is 1. The van der Waals surface area contributed by atoms with Crippen LogP contribution >= 0.6 is 0 Å². The van der Waals surface area contributed by atoms with Gasteiger partial charge in [0.2, 0.25) is 0 Å². The second-order valence-electron chi connectivity index (χ2n) is 6.77. The summed E-state index contributed by atoms with van der Waals surface area (Å²) in [6.45, 7) is 8.39. The van der Waals surface area contributed by atoms with E-state index in [1.54, 1.807) is 19.2 Å². The number of hydrogen-bond acceptors (Lipinski definition) is 3. The molecule has 3 rings (SSSR count). The summed E-state index contributed by atoms with van der Waals surface area (Å²) in [6.07, 6.45) is 3.70. The van der Waals surface area contributed by atoms with Gasteiger partial charge in [-0.1, -0.05) is 13.8 Å². The molecule has 3 aromatic rings. The molecule has 0 saturated heterocycles. The Morgan fingerprint density at radius 1 is 1.24 bits per heavy atom. The third-order valence-electron chi connectivity index (χ3n) is 4.46. The van der Waals surface area contributed by atoms with Crippen LogP contribution in [0.25, 0.3) is 11.0 Å². The van der Waals surface area contributed by atoms with Gasteiger partial charge in [-0.15, -0.1) is 0 Å². The smallest absolute Gasteiger partial charge is 0.336 e. The zero-order chi connectivity index (χ0) is 18.1. The molecule has 0 saturated carbocycles. The molecule has 2 heterocycles. The number of Topliss-reactive ketones (excluding diaryl/α,β-unsaturated/α-hetero) is 1. The van der Waals surface area contributed by atoms with E-state index >= 15 is 0 Å². The van der Waals surface area contributed by atoms with Crippen molar-refractivity contribution in [1.29, 1.82) is 0 Å². The molecule has 4 nitrogen and oxygen atoms in total. The molecule has 0 aliphatic rings. The van der Waals surface area contributed by atoms with E-state index in [1.807, 2.05) is 29.8 Å². The molecule has 0 radical (unpaired) electrons. The van der Waals surface area contributed by atoms with E-state index in [2.05, 4.69) is 19.9 Å². The second-order valence-corrected chi connectivity index (χ2v) is 6.77. The van der Waals surface area contributed by atoms with Crippen molar-refractivity contribution in [3.05, 3.63) is 75.4 Å². The molecule has 128 valence electrons. The number of carbonyl (C=O) groups is 1. The van der Waals surface area contributed by atoms with Crippen LogP contribution in [-0.4, -0.2) is 5.78 Å². The Bertz CT molecular complexity index is 1020. The Kier molecular flexibility index (Phi) is 4.53. The highest BCUT2D eigenvalue weighted by Crippen LogP contribution is 2.26. The minimum absolute atomic E-state index is 0.0181. The quantitative estimate of drug-likeness (QED) is 0.414. The summed E-state index contributed by atoms with van der Waals surface area (Å²) in [5.41, 5.74) is 4.14. The summed E-state index contributed by atoms with van der Waals surface area (Å²) in [5.74, 6) is 0.405. The summed E-state index contributed by atoms with van der Waals surface area (Å²) in [7, 11) is 0. The SMILES string of the molecule is CC(=O)c1ccc[n+](Cc2cc(=O)oc3cc(C)c(C(C)C)cc23)c1. The van der Waals surface area contributed by atoms with Gasteiger partial charge in [-0.2, -0.15) is 0 Å². The largest absolute Gasteiger partial charge is 0.423 e. The lowest BCUT2D eigenvalue weighted by atomic mass is 9.95. The highest BCUT2D eigenvalue weighted by Gasteiger charge is 2.15. The molecule has 4 heteroatoms. The van der Waals surface area contributed by atoms with E-state index in [0.717, 1.165) is 16.5 Å². The first kappa shape index (κ1) is 17.1. The lowest BCUT2D eigenvalue weighted by Gasteiger charge is -2.12. The van der Waals surface area contributed by atoms with Gasteiger partial charge in [0.15, 0.2) is 24.7 Å². The highest BCUT2D eigenvalue weighted by molar-refractivity contribution is 5.93. The van der Waals surface area contributed by atoms with Crippen molar-refractivity contribution in [1.82, 2.24) is 0 Å². The fourth-order valence-electron chi connectivity index (χ4n) is 3.17. The molecule has 0 fully saturated rings. The number of aromatic nitrogens is 1. The van der Waals surface area contributed by atoms with E-state index in [1.165, 1.54) is 11.6 Å². The molecule has 0 bridgehead atoms. The normalized spacial score (nSPS) is 11.2. The summed E-state index contributed by atoms with van der Waals surface area (Å²) in [4.78, 5) is 23.6.